The molecule has 1 fully saturated rings. The summed E-state index contributed by atoms with van der Waals surface area (Å²) in [6.07, 6.45) is 3.57. The molecule has 2 N–H and O–H groups in total. The molecule has 0 aliphatic carbocycles. The van der Waals surface area contributed by atoms with Crippen LogP contribution in [0.4, 0.5) is 11.4 Å². The Hall–Kier alpha value is -3.69. The minimum atomic E-state index is -0.544. The second kappa shape index (κ2) is 10.3. The lowest BCUT2D eigenvalue weighted by atomic mass is 10.2. The summed E-state index contributed by atoms with van der Waals surface area (Å²) in [5.74, 6) is -0.860. The molecular weight excluding hydrogens is 464 g/mol. The van der Waals surface area contributed by atoms with Crippen LogP contribution >= 0.6 is 11.3 Å². The van der Waals surface area contributed by atoms with Crippen molar-refractivity contribution in [2.24, 2.45) is 0 Å². The molecule has 4 heterocycles. The second-order valence-corrected chi connectivity index (χ2v) is 9.34. The third-order valence-electron chi connectivity index (χ3n) is 6.01. The average Bonchev–Trinajstić information content (AvgIpc) is 3.65. The number of hydrogen-bond donors (Lipinski definition) is 2. The first-order chi connectivity index (χ1) is 17.1. The van der Waals surface area contributed by atoms with Gasteiger partial charge in [-0.1, -0.05) is 24.3 Å². The maximum atomic E-state index is 13.1. The molecule has 1 atom stereocenters. The van der Waals surface area contributed by atoms with E-state index in [0.717, 1.165) is 18.5 Å². The quantitative estimate of drug-likeness (QED) is 0.340. The molecule has 9 heteroatoms. The SMILES string of the molecule is COC(=O)c1c(NC(=O)c2ccccc2)c2cc(NCc3cccs3)cnc2n1CC1CCCO1. The van der Waals surface area contributed by atoms with Crippen LogP contribution in [-0.4, -0.2) is 41.2 Å². The topological polar surface area (TPSA) is 94.5 Å². The summed E-state index contributed by atoms with van der Waals surface area (Å²) < 4.78 is 12.8. The molecule has 0 radical (unpaired) electrons. The lowest BCUT2D eigenvalue weighted by Gasteiger charge is -2.14. The summed E-state index contributed by atoms with van der Waals surface area (Å²) in [5.41, 5.74) is 2.50. The highest BCUT2D eigenvalue weighted by atomic mass is 32.1. The summed E-state index contributed by atoms with van der Waals surface area (Å²) in [6, 6.07) is 14.9. The van der Waals surface area contributed by atoms with Crippen LogP contribution in [0.15, 0.2) is 60.1 Å². The average molecular weight is 491 g/mol. The minimum Gasteiger partial charge on any atom is -0.464 e. The Morgan fingerprint density at radius 3 is 2.80 bits per heavy atom. The zero-order valence-electron chi connectivity index (χ0n) is 19.3. The van der Waals surface area contributed by atoms with E-state index in [1.54, 1.807) is 46.4 Å². The van der Waals surface area contributed by atoms with Gasteiger partial charge < -0.3 is 24.7 Å². The number of anilines is 2. The monoisotopic (exact) mass is 490 g/mol. The van der Waals surface area contributed by atoms with Crippen molar-refractivity contribution in [3.05, 3.63) is 76.2 Å². The molecule has 4 aromatic rings. The fraction of sp³-hybridized carbons (Fsp3) is 0.269. The Bertz CT molecular complexity index is 1330. The Balaban J connectivity index is 1.59. The van der Waals surface area contributed by atoms with Crippen molar-refractivity contribution in [3.63, 3.8) is 0 Å². The number of methoxy groups -OCH3 is 1. The molecule has 180 valence electrons. The van der Waals surface area contributed by atoms with Crippen molar-refractivity contribution in [2.75, 3.05) is 24.4 Å². The number of rotatable bonds is 8. The van der Waals surface area contributed by atoms with Gasteiger partial charge >= 0.3 is 5.97 Å². The van der Waals surface area contributed by atoms with E-state index in [1.165, 1.54) is 12.0 Å². The van der Waals surface area contributed by atoms with Crippen molar-refractivity contribution in [1.82, 2.24) is 9.55 Å². The molecule has 1 aromatic carbocycles. The molecule has 8 nitrogen and oxygen atoms in total. The van der Waals surface area contributed by atoms with Crippen LogP contribution in [0.3, 0.4) is 0 Å². The Morgan fingerprint density at radius 1 is 1.23 bits per heavy atom. The summed E-state index contributed by atoms with van der Waals surface area (Å²) in [7, 11) is 1.33. The van der Waals surface area contributed by atoms with Crippen LogP contribution in [0, 0.1) is 0 Å². The van der Waals surface area contributed by atoms with E-state index in [9.17, 15) is 9.59 Å². The number of amides is 1. The van der Waals surface area contributed by atoms with E-state index in [0.29, 0.717) is 42.0 Å². The number of carbonyl (C=O) groups excluding carboxylic acids is 2. The number of thiophene rings is 1. The number of hydrogen-bond acceptors (Lipinski definition) is 7. The number of nitrogens with one attached hydrogen (secondary N) is 2. The van der Waals surface area contributed by atoms with Crippen LogP contribution in [-0.2, 0) is 22.6 Å². The van der Waals surface area contributed by atoms with E-state index in [2.05, 4.69) is 16.7 Å². The number of esters is 1. The largest absolute Gasteiger partial charge is 0.464 e. The smallest absolute Gasteiger partial charge is 0.356 e. The number of benzene rings is 1. The van der Waals surface area contributed by atoms with Gasteiger partial charge in [0, 0.05) is 29.0 Å². The zero-order valence-corrected chi connectivity index (χ0v) is 20.1. The number of nitrogens with zero attached hydrogens (tertiary/aromatic N) is 2. The van der Waals surface area contributed by atoms with Crippen molar-refractivity contribution in [3.8, 4) is 0 Å². The van der Waals surface area contributed by atoms with Gasteiger partial charge in [-0.25, -0.2) is 9.78 Å². The standard InChI is InChI=1S/C26H26N4O4S/c1-33-26(32)23-22(29-25(31)17-7-3-2-4-8-17)21-13-18(27-15-20-10-6-12-35-20)14-28-24(21)30(23)16-19-9-5-11-34-19/h2-4,6-8,10,12-14,19,27H,5,9,11,15-16H2,1H3,(H,29,31). The van der Waals surface area contributed by atoms with Gasteiger partial charge in [-0.3, -0.25) is 4.79 Å². The van der Waals surface area contributed by atoms with Crippen molar-refractivity contribution >= 4 is 45.6 Å². The van der Waals surface area contributed by atoms with Crippen LogP contribution in [0.2, 0.25) is 0 Å². The Morgan fingerprint density at radius 2 is 2.09 bits per heavy atom. The number of ether oxygens (including phenoxy) is 2. The minimum absolute atomic E-state index is 0.0369. The molecule has 0 bridgehead atoms. The fourth-order valence-electron chi connectivity index (χ4n) is 4.30. The van der Waals surface area contributed by atoms with Gasteiger partial charge in [0.2, 0.25) is 0 Å². The Kier molecular flexibility index (Phi) is 6.78. The third-order valence-corrected chi connectivity index (χ3v) is 6.89. The maximum Gasteiger partial charge on any atom is 0.356 e. The third kappa shape index (κ3) is 4.91. The first-order valence-electron chi connectivity index (χ1n) is 11.5. The highest BCUT2D eigenvalue weighted by Crippen LogP contribution is 2.34. The van der Waals surface area contributed by atoms with Crippen molar-refractivity contribution in [2.45, 2.75) is 32.0 Å². The van der Waals surface area contributed by atoms with Gasteiger partial charge in [0.25, 0.3) is 5.91 Å². The molecule has 1 unspecified atom stereocenters. The number of pyridine rings is 1. The predicted octanol–water partition coefficient (Wildman–Crippen LogP) is 4.93. The van der Waals surface area contributed by atoms with E-state index < -0.39 is 5.97 Å². The first kappa shape index (κ1) is 23.1. The van der Waals surface area contributed by atoms with E-state index >= 15 is 0 Å². The van der Waals surface area contributed by atoms with Gasteiger partial charge in [0.15, 0.2) is 5.69 Å². The number of aromatic nitrogens is 2. The highest BCUT2D eigenvalue weighted by molar-refractivity contribution is 7.09. The zero-order chi connectivity index (χ0) is 24.2. The van der Waals surface area contributed by atoms with E-state index in [-0.39, 0.29) is 17.7 Å². The lowest BCUT2D eigenvalue weighted by Crippen LogP contribution is -2.21. The molecule has 1 saturated heterocycles. The van der Waals surface area contributed by atoms with Gasteiger partial charge in [-0.05, 0) is 42.5 Å². The fourth-order valence-corrected chi connectivity index (χ4v) is 4.95. The summed E-state index contributed by atoms with van der Waals surface area (Å²) in [6.45, 7) is 1.79. The molecule has 5 rings (SSSR count). The van der Waals surface area contributed by atoms with Gasteiger partial charge in [-0.2, -0.15) is 0 Å². The van der Waals surface area contributed by atoms with Gasteiger partial charge in [-0.15, -0.1) is 11.3 Å². The van der Waals surface area contributed by atoms with E-state index in [4.69, 9.17) is 14.5 Å². The molecule has 1 aliphatic rings. The molecule has 35 heavy (non-hydrogen) atoms. The van der Waals surface area contributed by atoms with Gasteiger partial charge in [0.1, 0.15) is 5.65 Å². The van der Waals surface area contributed by atoms with Crippen LogP contribution in [0.25, 0.3) is 11.0 Å². The summed E-state index contributed by atoms with van der Waals surface area (Å²) >= 11 is 1.67. The van der Waals surface area contributed by atoms with Crippen molar-refractivity contribution < 1.29 is 19.1 Å². The molecule has 3 aromatic heterocycles. The number of fused-ring (bicyclic) bond motifs is 1. The van der Waals surface area contributed by atoms with Crippen LogP contribution in [0.5, 0.6) is 0 Å². The predicted molar refractivity (Wildman–Crippen MR) is 136 cm³/mol. The molecular formula is C26H26N4O4S. The van der Waals surface area contributed by atoms with E-state index in [1.807, 2.05) is 23.6 Å². The molecule has 0 saturated carbocycles. The number of carbonyl (C=O) groups is 2. The molecule has 1 amide bonds. The summed E-state index contributed by atoms with van der Waals surface area (Å²) in [4.78, 5) is 32.0. The first-order valence-corrected chi connectivity index (χ1v) is 12.4. The summed E-state index contributed by atoms with van der Waals surface area (Å²) in [5, 5.41) is 9.03. The molecule has 0 spiro atoms. The lowest BCUT2D eigenvalue weighted by molar-refractivity contribution is 0.0580. The van der Waals surface area contributed by atoms with Crippen LogP contribution in [0.1, 0.15) is 38.6 Å². The second-order valence-electron chi connectivity index (χ2n) is 8.31. The maximum absolute atomic E-state index is 13.1. The Labute approximate surface area is 206 Å². The van der Waals surface area contributed by atoms with Crippen molar-refractivity contribution in [1.29, 1.82) is 0 Å². The molecule has 1 aliphatic heterocycles. The highest BCUT2D eigenvalue weighted by Gasteiger charge is 2.29. The normalized spacial score (nSPS) is 15.3. The van der Waals surface area contributed by atoms with Crippen LogP contribution < -0.4 is 10.6 Å². The van der Waals surface area contributed by atoms with Gasteiger partial charge in [0.05, 0.1) is 37.3 Å².